The van der Waals surface area contributed by atoms with Gasteiger partial charge in [0.1, 0.15) is 12.4 Å². The van der Waals surface area contributed by atoms with Crippen LogP contribution in [0.2, 0.25) is 0 Å². The van der Waals surface area contributed by atoms with Gasteiger partial charge in [-0.15, -0.1) is 0 Å². The van der Waals surface area contributed by atoms with Gasteiger partial charge >= 0.3 is 0 Å². The second-order valence-electron chi connectivity index (χ2n) is 5.77. The van der Waals surface area contributed by atoms with Crippen molar-refractivity contribution in [3.63, 3.8) is 0 Å². The first kappa shape index (κ1) is 16.6. The fourth-order valence-corrected chi connectivity index (χ4v) is 2.53. The molecule has 1 N–H and O–H groups in total. The molecule has 0 fully saturated rings. The van der Waals surface area contributed by atoms with Crippen molar-refractivity contribution in [2.45, 2.75) is 26.5 Å². The summed E-state index contributed by atoms with van der Waals surface area (Å²) in [5.41, 5.74) is 3.01. The summed E-state index contributed by atoms with van der Waals surface area (Å²) in [7, 11) is 0. The van der Waals surface area contributed by atoms with Crippen molar-refractivity contribution < 1.29 is 14.6 Å². The van der Waals surface area contributed by atoms with Crippen LogP contribution >= 0.6 is 0 Å². The molecule has 3 aromatic rings. The molecule has 3 aromatic heterocycles. The average molecular weight is 338 g/mol. The Morgan fingerprint density at radius 2 is 2.12 bits per heavy atom. The third-order valence-corrected chi connectivity index (χ3v) is 3.74. The zero-order valence-corrected chi connectivity index (χ0v) is 14.0. The van der Waals surface area contributed by atoms with Crippen molar-refractivity contribution in [3.05, 3.63) is 54.1 Å². The first-order chi connectivity index (χ1) is 12.1. The number of carbonyl (C=O) groups excluding carboxylic acids is 1. The molecule has 0 saturated heterocycles. The molecular weight excluding hydrogens is 320 g/mol. The number of ether oxygens (including phenoxy) is 1. The molecule has 0 aromatic carbocycles. The van der Waals surface area contributed by atoms with Gasteiger partial charge in [-0.25, -0.2) is 4.98 Å². The van der Waals surface area contributed by atoms with E-state index in [4.69, 9.17) is 4.74 Å². The molecule has 25 heavy (non-hydrogen) atoms. The summed E-state index contributed by atoms with van der Waals surface area (Å²) >= 11 is 0. The second-order valence-corrected chi connectivity index (χ2v) is 5.77. The molecule has 0 saturated carbocycles. The highest BCUT2D eigenvalue weighted by atomic mass is 16.5. The monoisotopic (exact) mass is 338 g/mol. The predicted molar refractivity (Wildman–Crippen MR) is 91.5 cm³/mol. The van der Waals surface area contributed by atoms with Crippen LogP contribution < -0.4 is 4.74 Å². The van der Waals surface area contributed by atoms with Crippen molar-refractivity contribution in [3.8, 4) is 22.9 Å². The van der Waals surface area contributed by atoms with Gasteiger partial charge in [-0.05, 0) is 26.0 Å². The Balaban J connectivity index is 1.90. The lowest BCUT2D eigenvalue weighted by atomic mass is 10.1. The SMILES string of the molecule is CC(C)n1nccc1-c1cnccc1COc1cnc(O)cc1C=O. The Morgan fingerprint density at radius 1 is 1.28 bits per heavy atom. The molecule has 0 aliphatic rings. The van der Waals surface area contributed by atoms with E-state index in [1.165, 1.54) is 12.3 Å². The smallest absolute Gasteiger partial charge is 0.211 e. The van der Waals surface area contributed by atoms with Crippen LogP contribution in [-0.4, -0.2) is 31.1 Å². The van der Waals surface area contributed by atoms with Crippen LogP contribution in [0.25, 0.3) is 11.3 Å². The molecule has 7 nitrogen and oxygen atoms in total. The van der Waals surface area contributed by atoms with E-state index >= 15 is 0 Å². The van der Waals surface area contributed by atoms with Gasteiger partial charge in [0.15, 0.2) is 6.29 Å². The third kappa shape index (κ3) is 3.50. The Hall–Kier alpha value is -3.22. The first-order valence-corrected chi connectivity index (χ1v) is 7.84. The van der Waals surface area contributed by atoms with E-state index in [0.29, 0.717) is 12.0 Å². The van der Waals surface area contributed by atoms with Crippen LogP contribution in [-0.2, 0) is 6.61 Å². The summed E-state index contributed by atoms with van der Waals surface area (Å²) in [6, 6.07) is 5.27. The quantitative estimate of drug-likeness (QED) is 0.695. The summed E-state index contributed by atoms with van der Waals surface area (Å²) in [5.74, 6) is 0.0906. The lowest BCUT2D eigenvalue weighted by molar-refractivity contribution is 0.111. The highest BCUT2D eigenvalue weighted by Gasteiger charge is 2.14. The number of aldehydes is 1. The Labute approximate surface area is 144 Å². The number of carbonyl (C=O) groups is 1. The van der Waals surface area contributed by atoms with Crippen molar-refractivity contribution in [2.75, 3.05) is 0 Å². The molecule has 0 amide bonds. The van der Waals surface area contributed by atoms with Crippen LogP contribution in [0.15, 0.2) is 43.0 Å². The number of aromatic nitrogens is 4. The lowest BCUT2D eigenvalue weighted by Gasteiger charge is -2.15. The minimum absolute atomic E-state index is 0.210. The van der Waals surface area contributed by atoms with Crippen LogP contribution in [0.4, 0.5) is 0 Å². The molecular formula is C18H18N4O3. The molecule has 7 heteroatoms. The van der Waals surface area contributed by atoms with Gasteiger partial charge in [-0.1, -0.05) is 0 Å². The molecule has 0 bridgehead atoms. The Morgan fingerprint density at radius 3 is 2.88 bits per heavy atom. The molecule has 3 heterocycles. The van der Waals surface area contributed by atoms with Gasteiger partial charge in [-0.3, -0.25) is 14.5 Å². The summed E-state index contributed by atoms with van der Waals surface area (Å²) in [6.07, 6.45) is 7.16. The van der Waals surface area contributed by atoms with Gasteiger partial charge in [0, 0.05) is 41.8 Å². The van der Waals surface area contributed by atoms with Crippen molar-refractivity contribution >= 4 is 6.29 Å². The van der Waals surface area contributed by atoms with Crippen molar-refractivity contribution in [1.82, 2.24) is 19.7 Å². The third-order valence-electron chi connectivity index (χ3n) is 3.74. The lowest BCUT2D eigenvalue weighted by Crippen LogP contribution is -2.07. The van der Waals surface area contributed by atoms with E-state index < -0.39 is 0 Å². The minimum atomic E-state index is -0.222. The van der Waals surface area contributed by atoms with Crippen LogP contribution in [0, 0.1) is 0 Å². The molecule has 0 atom stereocenters. The number of pyridine rings is 2. The van der Waals surface area contributed by atoms with Gasteiger partial charge in [-0.2, -0.15) is 5.10 Å². The molecule has 0 spiro atoms. The van der Waals surface area contributed by atoms with E-state index in [1.807, 2.05) is 16.8 Å². The first-order valence-electron chi connectivity index (χ1n) is 7.84. The topological polar surface area (TPSA) is 90.1 Å². The van der Waals surface area contributed by atoms with E-state index in [2.05, 4.69) is 28.9 Å². The fraction of sp³-hybridized carbons (Fsp3) is 0.222. The zero-order chi connectivity index (χ0) is 17.8. The molecule has 3 rings (SSSR count). The van der Waals surface area contributed by atoms with Crippen molar-refractivity contribution in [2.24, 2.45) is 0 Å². The normalized spacial score (nSPS) is 10.8. The molecule has 0 aliphatic carbocycles. The standard InChI is InChI=1S/C18H18N4O3/c1-12(2)22-16(4-6-21-22)15-8-19-5-3-13(15)11-25-17-9-20-18(24)7-14(17)10-23/h3-10,12H,11H2,1-2H3,(H,20,24). The summed E-state index contributed by atoms with van der Waals surface area (Å²) in [5, 5.41) is 13.7. The van der Waals surface area contributed by atoms with Gasteiger partial charge in [0.05, 0.1) is 17.5 Å². The maximum absolute atomic E-state index is 11.1. The number of hydrogen-bond donors (Lipinski definition) is 1. The van der Waals surface area contributed by atoms with Gasteiger partial charge in [0.2, 0.25) is 5.88 Å². The number of aromatic hydroxyl groups is 1. The van der Waals surface area contributed by atoms with E-state index in [9.17, 15) is 9.90 Å². The Kier molecular flexibility index (Phi) is 4.74. The van der Waals surface area contributed by atoms with Gasteiger partial charge < -0.3 is 9.84 Å². The maximum atomic E-state index is 11.1. The number of hydrogen-bond acceptors (Lipinski definition) is 6. The van der Waals surface area contributed by atoms with Crippen molar-refractivity contribution in [1.29, 1.82) is 0 Å². The zero-order valence-electron chi connectivity index (χ0n) is 14.0. The molecule has 0 radical (unpaired) electrons. The number of rotatable bonds is 6. The largest absolute Gasteiger partial charge is 0.493 e. The number of nitrogens with zero attached hydrogens (tertiary/aromatic N) is 4. The molecule has 128 valence electrons. The maximum Gasteiger partial charge on any atom is 0.211 e. The van der Waals surface area contributed by atoms with E-state index in [-0.39, 0.29) is 24.1 Å². The summed E-state index contributed by atoms with van der Waals surface area (Å²) in [6.45, 7) is 4.34. The summed E-state index contributed by atoms with van der Waals surface area (Å²) in [4.78, 5) is 19.1. The highest BCUT2D eigenvalue weighted by Crippen LogP contribution is 2.27. The second kappa shape index (κ2) is 7.12. The van der Waals surface area contributed by atoms with Crippen LogP contribution in [0.5, 0.6) is 11.6 Å². The fourth-order valence-electron chi connectivity index (χ4n) is 2.53. The van der Waals surface area contributed by atoms with Crippen LogP contribution in [0.1, 0.15) is 35.8 Å². The Bertz CT molecular complexity index is 890. The summed E-state index contributed by atoms with van der Waals surface area (Å²) < 4.78 is 7.66. The average Bonchev–Trinajstić information content (AvgIpc) is 3.10. The van der Waals surface area contributed by atoms with E-state index in [1.54, 1.807) is 18.6 Å². The van der Waals surface area contributed by atoms with E-state index in [0.717, 1.165) is 16.8 Å². The molecule has 0 aliphatic heterocycles. The predicted octanol–water partition coefficient (Wildman–Crippen LogP) is 3.02. The van der Waals surface area contributed by atoms with Gasteiger partial charge in [0.25, 0.3) is 0 Å². The highest BCUT2D eigenvalue weighted by molar-refractivity contribution is 5.79. The van der Waals surface area contributed by atoms with Crippen LogP contribution in [0.3, 0.4) is 0 Å². The minimum Gasteiger partial charge on any atom is -0.493 e. The molecule has 0 unspecified atom stereocenters.